The number of methoxy groups -OCH3 is 1. The molecule has 0 spiro atoms. The number of oxime groups is 1. The van der Waals surface area contributed by atoms with Gasteiger partial charge in [-0.3, -0.25) is 0 Å². The Balaban J connectivity index is 2.17. The Kier molecular flexibility index (Phi) is 9.84. The van der Waals surface area contributed by atoms with Gasteiger partial charge in [0, 0.05) is 5.56 Å². The van der Waals surface area contributed by atoms with Crippen molar-refractivity contribution < 1.29 is 23.8 Å². The zero-order valence-corrected chi connectivity index (χ0v) is 21.4. The van der Waals surface area contributed by atoms with E-state index in [4.69, 9.17) is 19.0 Å². The fourth-order valence-corrected chi connectivity index (χ4v) is 4.16. The first-order valence-electron chi connectivity index (χ1n) is 10.0. The van der Waals surface area contributed by atoms with Crippen molar-refractivity contribution >= 4 is 44.0 Å². The van der Waals surface area contributed by atoms with Gasteiger partial charge >= 0.3 is 5.97 Å². The largest absolute Gasteiger partial charge is 0.496 e. The summed E-state index contributed by atoms with van der Waals surface area (Å²) in [5.41, 5.74) is 1.84. The number of benzene rings is 2. The highest BCUT2D eigenvalue weighted by Crippen LogP contribution is 2.39. The van der Waals surface area contributed by atoms with Crippen molar-refractivity contribution in [2.24, 2.45) is 5.16 Å². The molecule has 31 heavy (non-hydrogen) atoms. The van der Waals surface area contributed by atoms with E-state index in [1.807, 2.05) is 37.3 Å². The van der Waals surface area contributed by atoms with Crippen LogP contribution < -0.4 is 9.47 Å². The third-order valence-electron chi connectivity index (χ3n) is 4.37. The van der Waals surface area contributed by atoms with E-state index in [2.05, 4.69) is 50.9 Å². The van der Waals surface area contributed by atoms with Gasteiger partial charge in [0.15, 0.2) is 5.75 Å². The van der Waals surface area contributed by atoms with Crippen molar-refractivity contribution in [1.29, 1.82) is 0 Å². The van der Waals surface area contributed by atoms with Crippen LogP contribution >= 0.6 is 31.9 Å². The number of carbonyl (C=O) groups is 1. The molecule has 1 atom stereocenters. The average Bonchev–Trinajstić information content (AvgIpc) is 2.73. The van der Waals surface area contributed by atoms with Gasteiger partial charge in [-0.05, 0) is 87.0 Å². The van der Waals surface area contributed by atoms with Crippen LogP contribution in [0.25, 0.3) is 0 Å². The maximum atomic E-state index is 11.8. The summed E-state index contributed by atoms with van der Waals surface area (Å²) in [4.78, 5) is 17.1. The van der Waals surface area contributed by atoms with Crippen LogP contribution in [-0.2, 0) is 14.4 Å². The van der Waals surface area contributed by atoms with Crippen LogP contribution in [0, 0.1) is 0 Å². The smallest absolute Gasteiger partial charge is 0.350 e. The molecule has 0 saturated heterocycles. The van der Waals surface area contributed by atoms with Crippen LogP contribution in [0.3, 0.4) is 0 Å². The molecule has 0 bridgehead atoms. The number of esters is 1. The summed E-state index contributed by atoms with van der Waals surface area (Å²) in [6.45, 7) is 8.10. The summed E-state index contributed by atoms with van der Waals surface area (Å²) in [7, 11) is 1.66. The molecule has 0 heterocycles. The van der Waals surface area contributed by atoms with E-state index in [0.29, 0.717) is 30.4 Å². The Labute approximate surface area is 200 Å². The predicted octanol–water partition coefficient (Wildman–Crippen LogP) is 6.83. The lowest BCUT2D eigenvalue weighted by Gasteiger charge is -2.15. The molecule has 0 aliphatic rings. The molecule has 0 saturated carbocycles. The highest BCUT2D eigenvalue weighted by atomic mass is 79.9. The molecule has 168 valence electrons. The fraction of sp³-hybridized carbons (Fsp3) is 0.391. The Bertz CT molecular complexity index is 907. The van der Waals surface area contributed by atoms with Gasteiger partial charge in [-0.1, -0.05) is 25.9 Å². The van der Waals surface area contributed by atoms with Crippen molar-refractivity contribution in [2.75, 3.05) is 13.7 Å². The molecule has 6 nitrogen and oxygen atoms in total. The Morgan fingerprint density at radius 3 is 2.35 bits per heavy atom. The van der Waals surface area contributed by atoms with E-state index in [1.165, 1.54) is 6.21 Å². The van der Waals surface area contributed by atoms with Gasteiger partial charge in [-0.15, -0.1) is 0 Å². The van der Waals surface area contributed by atoms with Crippen molar-refractivity contribution in [3.63, 3.8) is 0 Å². The molecule has 0 amide bonds. The molecule has 2 aromatic carbocycles. The second-order valence-corrected chi connectivity index (χ2v) is 8.67. The number of rotatable bonds is 10. The van der Waals surface area contributed by atoms with Crippen LogP contribution in [0.5, 0.6) is 17.2 Å². The lowest BCUT2D eigenvalue weighted by atomic mass is 10.0. The standard InChI is InChI=1S/C23H27Br2NO5/c1-6-20(23(27)29-7-2)31-26-13-15-10-18(24)22(19(25)11-15)30-16-8-9-21(28-5)17(12-16)14(3)4/h8-14,20H,6-7H2,1-5H3. The number of hydrogen-bond acceptors (Lipinski definition) is 6. The first-order chi connectivity index (χ1) is 14.8. The third kappa shape index (κ3) is 6.97. The highest BCUT2D eigenvalue weighted by Gasteiger charge is 2.19. The minimum atomic E-state index is -0.726. The van der Waals surface area contributed by atoms with Gasteiger partial charge in [0.05, 0.1) is 28.9 Å². The summed E-state index contributed by atoms with van der Waals surface area (Å²) in [6.07, 6.45) is 1.28. The van der Waals surface area contributed by atoms with Crippen LogP contribution in [-0.4, -0.2) is 32.0 Å². The minimum Gasteiger partial charge on any atom is -0.496 e. The molecular formula is C23H27Br2NO5. The number of nitrogens with zero attached hydrogens (tertiary/aromatic N) is 1. The zero-order valence-electron chi connectivity index (χ0n) is 18.3. The first-order valence-corrected chi connectivity index (χ1v) is 11.6. The van der Waals surface area contributed by atoms with Gasteiger partial charge in [0.2, 0.25) is 6.10 Å². The van der Waals surface area contributed by atoms with Gasteiger partial charge < -0.3 is 19.0 Å². The third-order valence-corrected chi connectivity index (χ3v) is 5.55. The van der Waals surface area contributed by atoms with E-state index in [1.54, 1.807) is 14.0 Å². The molecule has 0 N–H and O–H groups in total. The second-order valence-electron chi connectivity index (χ2n) is 6.96. The molecule has 0 fully saturated rings. The van der Waals surface area contributed by atoms with Crippen molar-refractivity contribution in [3.05, 3.63) is 50.4 Å². The van der Waals surface area contributed by atoms with Crippen LogP contribution in [0.1, 0.15) is 51.2 Å². The topological polar surface area (TPSA) is 66.4 Å². The minimum absolute atomic E-state index is 0.297. The number of halogens is 2. The van der Waals surface area contributed by atoms with E-state index in [-0.39, 0.29) is 0 Å². The number of ether oxygens (including phenoxy) is 3. The first kappa shape index (κ1) is 25.2. The van der Waals surface area contributed by atoms with Crippen molar-refractivity contribution in [1.82, 2.24) is 0 Å². The van der Waals surface area contributed by atoms with Gasteiger partial charge in [-0.25, -0.2) is 4.79 Å². The van der Waals surface area contributed by atoms with E-state index < -0.39 is 12.1 Å². The van der Waals surface area contributed by atoms with E-state index in [9.17, 15) is 4.79 Å². The lowest BCUT2D eigenvalue weighted by Crippen LogP contribution is -2.24. The highest BCUT2D eigenvalue weighted by molar-refractivity contribution is 9.11. The van der Waals surface area contributed by atoms with Crippen molar-refractivity contribution in [3.8, 4) is 17.2 Å². The van der Waals surface area contributed by atoms with Crippen LogP contribution in [0.2, 0.25) is 0 Å². The van der Waals surface area contributed by atoms with Crippen LogP contribution in [0.4, 0.5) is 0 Å². The van der Waals surface area contributed by atoms with Gasteiger partial charge in [-0.2, -0.15) is 0 Å². The Morgan fingerprint density at radius 1 is 1.13 bits per heavy atom. The average molecular weight is 557 g/mol. The quantitative estimate of drug-likeness (QED) is 0.182. The van der Waals surface area contributed by atoms with E-state index >= 15 is 0 Å². The molecule has 0 aliphatic heterocycles. The molecule has 0 aromatic heterocycles. The molecule has 0 radical (unpaired) electrons. The maximum Gasteiger partial charge on any atom is 0.350 e. The Hall–Kier alpha value is -2.06. The summed E-state index contributed by atoms with van der Waals surface area (Å²) in [5, 5.41) is 3.94. The predicted molar refractivity (Wildman–Crippen MR) is 128 cm³/mol. The fourth-order valence-electron chi connectivity index (χ4n) is 2.78. The van der Waals surface area contributed by atoms with Gasteiger partial charge in [0.25, 0.3) is 0 Å². The molecule has 1 unspecified atom stereocenters. The maximum absolute atomic E-state index is 11.8. The molecule has 2 aromatic rings. The normalized spacial score (nSPS) is 12.1. The molecule has 2 rings (SSSR count). The monoisotopic (exact) mass is 555 g/mol. The van der Waals surface area contributed by atoms with E-state index in [0.717, 1.165) is 25.8 Å². The lowest BCUT2D eigenvalue weighted by molar-refractivity contribution is -0.156. The summed E-state index contributed by atoms with van der Waals surface area (Å²) < 4.78 is 18.0. The summed E-state index contributed by atoms with van der Waals surface area (Å²) >= 11 is 7.11. The van der Waals surface area contributed by atoms with Crippen LogP contribution in [0.15, 0.2) is 44.4 Å². The molecule has 8 heteroatoms. The SMILES string of the molecule is CCOC(=O)C(CC)ON=Cc1cc(Br)c(Oc2ccc(OC)c(C(C)C)c2)c(Br)c1. The number of hydrogen-bond donors (Lipinski definition) is 0. The van der Waals surface area contributed by atoms with Gasteiger partial charge in [0.1, 0.15) is 11.5 Å². The number of carbonyl (C=O) groups excluding carboxylic acids is 1. The molecular weight excluding hydrogens is 530 g/mol. The summed E-state index contributed by atoms with van der Waals surface area (Å²) in [5.74, 6) is 2.05. The Morgan fingerprint density at radius 2 is 1.81 bits per heavy atom. The van der Waals surface area contributed by atoms with Crippen molar-refractivity contribution in [2.45, 2.75) is 46.1 Å². The summed E-state index contributed by atoms with van der Waals surface area (Å²) in [6, 6.07) is 9.45. The second kappa shape index (κ2) is 12.1. The molecule has 0 aliphatic carbocycles. The zero-order chi connectivity index (χ0) is 23.0.